The third kappa shape index (κ3) is 2.50. The van der Waals surface area contributed by atoms with Gasteiger partial charge < -0.3 is 19.5 Å². The predicted molar refractivity (Wildman–Crippen MR) is 85.0 cm³/mol. The molecule has 1 aromatic carbocycles. The van der Waals surface area contributed by atoms with Crippen LogP contribution in [-0.4, -0.2) is 52.2 Å². The summed E-state index contributed by atoms with van der Waals surface area (Å²) in [7, 11) is 1.86. The molecule has 1 aromatic heterocycles. The number of aliphatic hydroxyl groups is 1. The fourth-order valence-electron chi connectivity index (χ4n) is 3.44. The molecule has 7 heteroatoms. The summed E-state index contributed by atoms with van der Waals surface area (Å²) < 4.78 is 12.4. The van der Waals surface area contributed by atoms with E-state index in [0.29, 0.717) is 30.2 Å². The standard InChI is InChI=1S/C17H19N3O4/c1-19-6-12(5-18-19)14-8-20(7-13(14)9-21)17(22)11-2-3-15-16(4-11)24-10-23-15/h2-6,13-14,21H,7-10H2,1H3/t13-,14-/m0/s1. The topological polar surface area (TPSA) is 76.8 Å². The normalized spacial score (nSPS) is 22.2. The number of nitrogens with zero attached hydrogens (tertiary/aromatic N) is 3. The summed E-state index contributed by atoms with van der Waals surface area (Å²) in [5.74, 6) is 1.32. The van der Waals surface area contributed by atoms with Gasteiger partial charge in [0.25, 0.3) is 5.91 Å². The fourth-order valence-corrected chi connectivity index (χ4v) is 3.44. The number of benzene rings is 1. The summed E-state index contributed by atoms with van der Waals surface area (Å²) in [6.45, 7) is 1.34. The zero-order valence-electron chi connectivity index (χ0n) is 13.4. The van der Waals surface area contributed by atoms with Crippen LogP contribution in [0.2, 0.25) is 0 Å². The quantitative estimate of drug-likeness (QED) is 0.909. The highest BCUT2D eigenvalue weighted by atomic mass is 16.7. The van der Waals surface area contributed by atoms with Crippen molar-refractivity contribution < 1.29 is 19.4 Å². The lowest BCUT2D eigenvalue weighted by Gasteiger charge is -2.16. The van der Waals surface area contributed by atoms with Crippen LogP contribution in [0.15, 0.2) is 30.6 Å². The number of amides is 1. The Morgan fingerprint density at radius 2 is 2.17 bits per heavy atom. The zero-order chi connectivity index (χ0) is 16.7. The number of likely N-dealkylation sites (tertiary alicyclic amines) is 1. The number of carbonyl (C=O) groups is 1. The van der Waals surface area contributed by atoms with Crippen molar-refractivity contribution in [2.75, 3.05) is 26.5 Å². The third-order valence-corrected chi connectivity index (χ3v) is 4.74. The summed E-state index contributed by atoms with van der Waals surface area (Å²) in [6.07, 6.45) is 3.75. The van der Waals surface area contributed by atoms with Gasteiger partial charge in [0.15, 0.2) is 11.5 Å². The molecule has 7 nitrogen and oxygen atoms in total. The minimum absolute atomic E-state index is 0.0205. The molecule has 126 valence electrons. The average molecular weight is 329 g/mol. The van der Waals surface area contributed by atoms with Crippen molar-refractivity contribution in [3.05, 3.63) is 41.7 Å². The van der Waals surface area contributed by atoms with Gasteiger partial charge in [-0.05, 0) is 23.8 Å². The Kier molecular flexibility index (Phi) is 3.65. The number of aliphatic hydroxyl groups excluding tert-OH is 1. The number of fused-ring (bicyclic) bond motifs is 1. The predicted octanol–water partition coefficient (Wildman–Crippen LogP) is 0.997. The lowest BCUT2D eigenvalue weighted by Crippen LogP contribution is -2.29. The number of ether oxygens (including phenoxy) is 2. The minimum Gasteiger partial charge on any atom is -0.454 e. The van der Waals surface area contributed by atoms with Gasteiger partial charge in [-0.2, -0.15) is 5.10 Å². The summed E-state index contributed by atoms with van der Waals surface area (Å²) in [6, 6.07) is 5.23. The first-order valence-corrected chi connectivity index (χ1v) is 7.94. The number of aryl methyl sites for hydroxylation is 1. The molecule has 2 atom stereocenters. The molecule has 0 bridgehead atoms. The Hall–Kier alpha value is -2.54. The van der Waals surface area contributed by atoms with Crippen LogP contribution in [0.25, 0.3) is 0 Å². The van der Waals surface area contributed by atoms with E-state index in [1.54, 1.807) is 27.8 Å². The van der Waals surface area contributed by atoms with Crippen molar-refractivity contribution in [2.24, 2.45) is 13.0 Å². The van der Waals surface area contributed by atoms with Gasteiger partial charge in [0.1, 0.15) is 0 Å². The lowest BCUT2D eigenvalue weighted by molar-refractivity contribution is 0.0781. The van der Waals surface area contributed by atoms with Gasteiger partial charge in [0, 0.05) is 50.3 Å². The molecular weight excluding hydrogens is 310 g/mol. The van der Waals surface area contributed by atoms with Gasteiger partial charge in [0.2, 0.25) is 6.79 Å². The van der Waals surface area contributed by atoms with Crippen molar-refractivity contribution in [3.8, 4) is 11.5 Å². The van der Waals surface area contributed by atoms with Crippen molar-refractivity contribution in [1.29, 1.82) is 0 Å². The molecule has 2 aliphatic rings. The first kappa shape index (κ1) is 15.0. The molecule has 3 heterocycles. The van der Waals surface area contributed by atoms with Crippen LogP contribution in [0.4, 0.5) is 0 Å². The van der Waals surface area contributed by atoms with Gasteiger partial charge >= 0.3 is 0 Å². The number of carbonyl (C=O) groups excluding carboxylic acids is 1. The van der Waals surface area contributed by atoms with Crippen molar-refractivity contribution in [2.45, 2.75) is 5.92 Å². The summed E-state index contributed by atoms with van der Waals surface area (Å²) in [5.41, 5.74) is 1.63. The molecule has 0 unspecified atom stereocenters. The van der Waals surface area contributed by atoms with E-state index in [4.69, 9.17) is 9.47 Å². The molecule has 0 radical (unpaired) electrons. The molecule has 1 fully saturated rings. The molecule has 1 N–H and O–H groups in total. The fraction of sp³-hybridized carbons (Fsp3) is 0.412. The van der Waals surface area contributed by atoms with Gasteiger partial charge in [-0.25, -0.2) is 0 Å². The van der Waals surface area contributed by atoms with Gasteiger partial charge in [0.05, 0.1) is 6.20 Å². The first-order chi connectivity index (χ1) is 11.7. The SMILES string of the molecule is Cn1cc([C@@H]2CN(C(=O)c3ccc4c(c3)OCO4)C[C@H]2CO)cn1. The molecule has 0 spiro atoms. The Morgan fingerprint density at radius 1 is 1.33 bits per heavy atom. The molecule has 1 saturated heterocycles. The second kappa shape index (κ2) is 5.83. The first-order valence-electron chi connectivity index (χ1n) is 7.94. The Balaban J connectivity index is 1.55. The molecule has 1 amide bonds. The van der Waals surface area contributed by atoms with E-state index < -0.39 is 0 Å². The summed E-state index contributed by atoms with van der Waals surface area (Å²) >= 11 is 0. The maximum absolute atomic E-state index is 12.8. The highest BCUT2D eigenvalue weighted by Crippen LogP contribution is 2.35. The Bertz CT molecular complexity index is 773. The smallest absolute Gasteiger partial charge is 0.254 e. The van der Waals surface area contributed by atoms with Crippen LogP contribution in [0, 0.1) is 5.92 Å². The second-order valence-corrected chi connectivity index (χ2v) is 6.27. The van der Waals surface area contributed by atoms with E-state index in [1.165, 1.54) is 0 Å². The lowest BCUT2D eigenvalue weighted by atomic mass is 9.92. The highest BCUT2D eigenvalue weighted by molar-refractivity contribution is 5.95. The van der Waals surface area contributed by atoms with Crippen LogP contribution < -0.4 is 9.47 Å². The maximum atomic E-state index is 12.8. The van der Waals surface area contributed by atoms with Gasteiger partial charge in [-0.15, -0.1) is 0 Å². The Morgan fingerprint density at radius 3 is 2.92 bits per heavy atom. The van der Waals surface area contributed by atoms with Crippen LogP contribution in [0.5, 0.6) is 11.5 Å². The number of aromatic nitrogens is 2. The monoisotopic (exact) mass is 329 g/mol. The van der Waals surface area contributed by atoms with E-state index in [-0.39, 0.29) is 31.1 Å². The molecule has 2 aliphatic heterocycles. The summed E-state index contributed by atoms with van der Waals surface area (Å²) in [4.78, 5) is 14.6. The molecule has 2 aromatic rings. The van der Waals surface area contributed by atoms with E-state index in [9.17, 15) is 9.90 Å². The maximum Gasteiger partial charge on any atom is 0.254 e. The van der Waals surface area contributed by atoms with Crippen molar-refractivity contribution >= 4 is 5.91 Å². The number of hydrogen-bond acceptors (Lipinski definition) is 5. The molecule has 0 saturated carbocycles. The molecule has 24 heavy (non-hydrogen) atoms. The van der Waals surface area contributed by atoms with E-state index in [0.717, 1.165) is 5.56 Å². The Labute approximate surface area is 139 Å². The highest BCUT2D eigenvalue weighted by Gasteiger charge is 2.37. The van der Waals surface area contributed by atoms with Crippen molar-refractivity contribution in [1.82, 2.24) is 14.7 Å². The number of rotatable bonds is 3. The average Bonchev–Trinajstić information content (AvgIpc) is 3.31. The third-order valence-electron chi connectivity index (χ3n) is 4.74. The van der Waals surface area contributed by atoms with Crippen LogP contribution in [0.3, 0.4) is 0 Å². The van der Waals surface area contributed by atoms with Crippen LogP contribution in [-0.2, 0) is 7.05 Å². The summed E-state index contributed by atoms with van der Waals surface area (Å²) in [5, 5.41) is 13.9. The largest absolute Gasteiger partial charge is 0.454 e. The molecule has 4 rings (SSSR count). The van der Waals surface area contributed by atoms with E-state index in [1.807, 2.05) is 19.4 Å². The van der Waals surface area contributed by atoms with Crippen molar-refractivity contribution in [3.63, 3.8) is 0 Å². The number of hydrogen-bond donors (Lipinski definition) is 1. The minimum atomic E-state index is -0.0573. The van der Waals surface area contributed by atoms with E-state index in [2.05, 4.69) is 5.10 Å². The zero-order valence-corrected chi connectivity index (χ0v) is 13.4. The van der Waals surface area contributed by atoms with Crippen LogP contribution >= 0.6 is 0 Å². The van der Waals surface area contributed by atoms with Gasteiger partial charge in [-0.3, -0.25) is 9.48 Å². The molecule has 0 aliphatic carbocycles. The van der Waals surface area contributed by atoms with E-state index >= 15 is 0 Å². The molecular formula is C17H19N3O4. The second-order valence-electron chi connectivity index (χ2n) is 6.27. The van der Waals surface area contributed by atoms with Gasteiger partial charge in [-0.1, -0.05) is 0 Å². The van der Waals surface area contributed by atoms with Crippen LogP contribution in [0.1, 0.15) is 21.8 Å².